The number of ether oxygens (including phenoxy) is 1. The summed E-state index contributed by atoms with van der Waals surface area (Å²) < 4.78 is 45.6. The molecule has 0 fully saturated rings. The van der Waals surface area contributed by atoms with Crippen LogP contribution in [-0.4, -0.2) is 27.8 Å². The Morgan fingerprint density at radius 1 is 1.20 bits per heavy atom. The first kappa shape index (κ1) is 20.3. The van der Waals surface area contributed by atoms with Crippen molar-refractivity contribution < 1.29 is 17.5 Å². The Morgan fingerprint density at radius 3 is 2.60 bits per heavy atom. The maximum atomic E-state index is 13.6. The van der Waals surface area contributed by atoms with Crippen molar-refractivity contribution in [2.45, 2.75) is 10.6 Å². The van der Waals surface area contributed by atoms with Crippen molar-refractivity contribution in [3.8, 4) is 5.75 Å². The lowest BCUT2D eigenvalue weighted by Gasteiger charge is -2.09. The van der Waals surface area contributed by atoms with Crippen LogP contribution >= 0.6 is 35.0 Å². The molecular weight excluding hydrogens is 408 g/mol. The van der Waals surface area contributed by atoms with Gasteiger partial charge in [0.05, 0.1) is 17.0 Å². The molecule has 9 heteroatoms. The van der Waals surface area contributed by atoms with Crippen molar-refractivity contribution in [1.29, 1.82) is 0 Å². The summed E-state index contributed by atoms with van der Waals surface area (Å²) in [4.78, 5) is 0.0560. The van der Waals surface area contributed by atoms with Gasteiger partial charge in [0.1, 0.15) is 11.6 Å². The SMILES string of the molecule is COc1ccc(S(=O)(=O)NCCSCc2c(F)cccc2Cl)cc1Cl. The molecule has 2 rings (SSSR count). The summed E-state index contributed by atoms with van der Waals surface area (Å²) in [7, 11) is -2.22. The zero-order chi connectivity index (χ0) is 18.4. The molecule has 0 saturated carbocycles. The molecule has 2 aromatic rings. The van der Waals surface area contributed by atoms with Crippen LogP contribution in [0.1, 0.15) is 5.56 Å². The number of halogens is 3. The van der Waals surface area contributed by atoms with Gasteiger partial charge in [0.25, 0.3) is 0 Å². The van der Waals surface area contributed by atoms with Crippen LogP contribution < -0.4 is 9.46 Å². The highest BCUT2D eigenvalue weighted by molar-refractivity contribution is 7.98. The predicted octanol–water partition coefficient (Wildman–Crippen LogP) is 4.35. The molecule has 1 N–H and O–H groups in total. The van der Waals surface area contributed by atoms with Gasteiger partial charge in [-0.2, -0.15) is 11.8 Å². The highest BCUT2D eigenvalue weighted by Gasteiger charge is 2.15. The van der Waals surface area contributed by atoms with E-state index in [0.717, 1.165) is 0 Å². The van der Waals surface area contributed by atoms with Gasteiger partial charge in [-0.3, -0.25) is 0 Å². The van der Waals surface area contributed by atoms with Crippen LogP contribution in [0.15, 0.2) is 41.3 Å². The van der Waals surface area contributed by atoms with Gasteiger partial charge in [0.15, 0.2) is 0 Å². The van der Waals surface area contributed by atoms with Gasteiger partial charge in [0, 0.05) is 28.6 Å². The van der Waals surface area contributed by atoms with Gasteiger partial charge in [-0.1, -0.05) is 29.3 Å². The maximum Gasteiger partial charge on any atom is 0.240 e. The smallest absolute Gasteiger partial charge is 0.240 e. The van der Waals surface area contributed by atoms with Crippen molar-refractivity contribution in [2.24, 2.45) is 0 Å². The van der Waals surface area contributed by atoms with E-state index in [1.54, 1.807) is 12.1 Å². The lowest BCUT2D eigenvalue weighted by atomic mass is 10.2. The zero-order valence-corrected chi connectivity index (χ0v) is 16.4. The number of hydrogen-bond acceptors (Lipinski definition) is 4. The normalized spacial score (nSPS) is 11.5. The van der Waals surface area contributed by atoms with Crippen molar-refractivity contribution in [1.82, 2.24) is 4.72 Å². The van der Waals surface area contributed by atoms with Crippen LogP contribution in [0.3, 0.4) is 0 Å². The van der Waals surface area contributed by atoms with Gasteiger partial charge < -0.3 is 4.74 Å². The number of rotatable bonds is 8. The molecule has 0 spiro atoms. The Morgan fingerprint density at radius 2 is 1.96 bits per heavy atom. The molecule has 25 heavy (non-hydrogen) atoms. The third kappa shape index (κ3) is 5.49. The van der Waals surface area contributed by atoms with Gasteiger partial charge in [-0.15, -0.1) is 0 Å². The number of sulfonamides is 1. The van der Waals surface area contributed by atoms with Gasteiger partial charge >= 0.3 is 0 Å². The van der Waals surface area contributed by atoms with Gasteiger partial charge in [-0.05, 0) is 30.3 Å². The van der Waals surface area contributed by atoms with Gasteiger partial charge in [0.2, 0.25) is 10.0 Å². The molecule has 0 unspecified atom stereocenters. The molecule has 0 radical (unpaired) electrons. The fraction of sp³-hybridized carbons (Fsp3) is 0.250. The molecule has 0 aromatic heterocycles. The first-order chi connectivity index (χ1) is 11.8. The van der Waals surface area contributed by atoms with E-state index in [2.05, 4.69) is 4.72 Å². The number of methoxy groups -OCH3 is 1. The van der Waals surface area contributed by atoms with Crippen LogP contribution in [-0.2, 0) is 15.8 Å². The average molecular weight is 424 g/mol. The summed E-state index contributed by atoms with van der Waals surface area (Å²) in [5.74, 6) is 0.862. The molecule has 0 aliphatic heterocycles. The molecule has 0 saturated heterocycles. The Balaban J connectivity index is 1.87. The largest absolute Gasteiger partial charge is 0.495 e. The van der Waals surface area contributed by atoms with Crippen LogP contribution in [0.5, 0.6) is 5.75 Å². The van der Waals surface area contributed by atoms with Crippen LogP contribution in [0.25, 0.3) is 0 Å². The summed E-state index contributed by atoms with van der Waals surface area (Å²) in [6.45, 7) is 0.197. The fourth-order valence-corrected chi connectivity index (χ4v) is 4.70. The van der Waals surface area contributed by atoms with Crippen molar-refractivity contribution in [2.75, 3.05) is 19.4 Å². The minimum Gasteiger partial charge on any atom is -0.495 e. The zero-order valence-electron chi connectivity index (χ0n) is 13.3. The number of hydrogen-bond donors (Lipinski definition) is 1. The number of nitrogens with one attached hydrogen (secondary N) is 1. The second-order valence-electron chi connectivity index (χ2n) is 4.95. The summed E-state index contributed by atoms with van der Waals surface area (Å²) in [5, 5.41) is 0.579. The van der Waals surface area contributed by atoms with E-state index in [0.29, 0.717) is 27.8 Å². The summed E-state index contributed by atoms with van der Waals surface area (Å²) in [6.07, 6.45) is 0. The average Bonchev–Trinajstić information content (AvgIpc) is 2.56. The Hall–Kier alpha value is -0.990. The highest BCUT2D eigenvalue weighted by Crippen LogP contribution is 2.27. The monoisotopic (exact) mass is 423 g/mol. The first-order valence-corrected chi connectivity index (χ1v) is 10.6. The first-order valence-electron chi connectivity index (χ1n) is 7.19. The van der Waals surface area contributed by atoms with Crippen molar-refractivity contribution in [3.63, 3.8) is 0 Å². The molecule has 2 aromatic carbocycles. The van der Waals surface area contributed by atoms with E-state index < -0.39 is 10.0 Å². The molecular formula is C16H16Cl2FNO3S2. The van der Waals surface area contributed by atoms with E-state index in [-0.39, 0.29) is 22.3 Å². The third-order valence-electron chi connectivity index (χ3n) is 3.28. The molecule has 0 aliphatic carbocycles. The number of thioether (sulfide) groups is 1. The molecule has 136 valence electrons. The van der Waals surface area contributed by atoms with Crippen molar-refractivity contribution in [3.05, 3.63) is 57.8 Å². The van der Waals surface area contributed by atoms with E-state index >= 15 is 0 Å². The Labute approximate surface area is 160 Å². The highest BCUT2D eigenvalue weighted by atomic mass is 35.5. The van der Waals surface area contributed by atoms with Gasteiger partial charge in [-0.25, -0.2) is 17.5 Å². The van der Waals surface area contributed by atoms with Crippen LogP contribution in [0.2, 0.25) is 10.0 Å². The fourth-order valence-electron chi connectivity index (χ4n) is 1.99. The topological polar surface area (TPSA) is 55.4 Å². The lowest BCUT2D eigenvalue weighted by molar-refractivity contribution is 0.414. The molecule has 0 bridgehead atoms. The quantitative estimate of drug-likeness (QED) is 0.641. The molecule has 0 aliphatic rings. The summed E-state index contributed by atoms with van der Waals surface area (Å²) >= 11 is 13.3. The van der Waals surface area contributed by atoms with E-state index in [9.17, 15) is 12.8 Å². The Bertz CT molecular complexity index is 827. The molecule has 0 heterocycles. The van der Waals surface area contributed by atoms with Crippen LogP contribution in [0, 0.1) is 5.82 Å². The minimum atomic E-state index is -3.67. The Kier molecular flexibility index (Phi) is 7.39. The predicted molar refractivity (Wildman–Crippen MR) is 101 cm³/mol. The standard InChI is InChI=1S/C16H16Cl2FNO3S2/c1-23-16-6-5-11(9-14(16)18)25(21,22)20-7-8-24-10-12-13(17)3-2-4-15(12)19/h2-6,9,20H,7-8,10H2,1H3. The van der Waals surface area contributed by atoms with E-state index in [1.165, 1.54) is 43.1 Å². The molecule has 0 amide bonds. The lowest BCUT2D eigenvalue weighted by Crippen LogP contribution is -2.26. The summed E-state index contributed by atoms with van der Waals surface area (Å²) in [6, 6.07) is 8.74. The second kappa shape index (κ2) is 9.09. The third-order valence-corrected chi connectivity index (χ3v) is 6.37. The minimum absolute atomic E-state index is 0.0560. The molecule has 0 atom stereocenters. The second-order valence-corrected chi connectivity index (χ2v) is 8.63. The molecule has 4 nitrogen and oxygen atoms in total. The summed E-state index contributed by atoms with van der Waals surface area (Å²) in [5.41, 5.74) is 0.416. The van der Waals surface area contributed by atoms with E-state index in [4.69, 9.17) is 27.9 Å². The number of benzene rings is 2. The van der Waals surface area contributed by atoms with Crippen LogP contribution in [0.4, 0.5) is 4.39 Å². The van der Waals surface area contributed by atoms with Crippen molar-refractivity contribution >= 4 is 45.0 Å². The van der Waals surface area contributed by atoms with E-state index in [1.807, 2.05) is 0 Å². The maximum absolute atomic E-state index is 13.6.